The highest BCUT2D eigenvalue weighted by molar-refractivity contribution is 5.93. The number of hydrogen-bond donors (Lipinski definition) is 1. The monoisotopic (exact) mass is 254 g/mol. The van der Waals surface area contributed by atoms with Crippen LogP contribution in [0.4, 0.5) is 0 Å². The van der Waals surface area contributed by atoms with Gasteiger partial charge in [-0.25, -0.2) is 0 Å². The molecule has 4 heteroatoms. The Morgan fingerprint density at radius 1 is 1.16 bits per heavy atom. The molecule has 0 fully saturated rings. The van der Waals surface area contributed by atoms with E-state index < -0.39 is 0 Å². The molecule has 0 amide bonds. The Morgan fingerprint density at radius 2 is 2.00 bits per heavy atom. The van der Waals surface area contributed by atoms with Crippen LogP contribution >= 0.6 is 0 Å². The van der Waals surface area contributed by atoms with E-state index in [-0.39, 0.29) is 5.75 Å². The molecule has 4 nitrogen and oxygen atoms in total. The summed E-state index contributed by atoms with van der Waals surface area (Å²) >= 11 is 0. The van der Waals surface area contributed by atoms with Gasteiger partial charge >= 0.3 is 0 Å². The van der Waals surface area contributed by atoms with Crippen LogP contribution in [0, 0.1) is 0 Å². The summed E-state index contributed by atoms with van der Waals surface area (Å²) in [4.78, 5) is 4.30. The molecule has 0 aliphatic rings. The molecule has 1 aromatic heterocycles. The van der Waals surface area contributed by atoms with E-state index in [2.05, 4.69) is 17.1 Å². The smallest absolute Gasteiger partial charge is 0.261 e. The van der Waals surface area contributed by atoms with Crippen LogP contribution in [-0.4, -0.2) is 15.2 Å². The summed E-state index contributed by atoms with van der Waals surface area (Å²) in [5.74, 6) is 1.22. The standard InChI is InChI=1S/C15H14N2O2/c1-2-5-13-16-15(19-17-13)12-9-8-10-6-3-4-7-11(10)14(12)18/h3-4,6-9,18H,2,5H2,1H3. The van der Waals surface area contributed by atoms with Crippen LogP contribution in [0.3, 0.4) is 0 Å². The van der Waals surface area contributed by atoms with Crippen molar-refractivity contribution in [2.75, 3.05) is 0 Å². The molecule has 0 saturated carbocycles. The molecule has 2 aromatic carbocycles. The van der Waals surface area contributed by atoms with Crippen molar-refractivity contribution in [3.8, 4) is 17.2 Å². The summed E-state index contributed by atoms with van der Waals surface area (Å²) in [6.45, 7) is 2.06. The molecule has 3 rings (SSSR count). The molecule has 1 heterocycles. The predicted molar refractivity (Wildman–Crippen MR) is 72.9 cm³/mol. The third-order valence-corrected chi connectivity index (χ3v) is 3.07. The number of hydrogen-bond acceptors (Lipinski definition) is 4. The van der Waals surface area contributed by atoms with Gasteiger partial charge in [-0.3, -0.25) is 0 Å². The molecule has 0 saturated heterocycles. The molecule has 0 atom stereocenters. The highest BCUT2D eigenvalue weighted by Crippen LogP contribution is 2.34. The Hall–Kier alpha value is -2.36. The third kappa shape index (κ3) is 2.05. The van der Waals surface area contributed by atoms with Crippen LogP contribution in [0.2, 0.25) is 0 Å². The van der Waals surface area contributed by atoms with Crippen LogP contribution < -0.4 is 0 Å². The summed E-state index contributed by atoms with van der Waals surface area (Å²) in [5.41, 5.74) is 0.577. The van der Waals surface area contributed by atoms with Crippen molar-refractivity contribution < 1.29 is 9.63 Å². The van der Waals surface area contributed by atoms with Gasteiger partial charge in [0.05, 0.1) is 5.56 Å². The van der Waals surface area contributed by atoms with Crippen molar-refractivity contribution in [3.05, 3.63) is 42.2 Å². The second-order valence-electron chi connectivity index (χ2n) is 4.45. The molecule has 1 N–H and O–H groups in total. The minimum Gasteiger partial charge on any atom is -0.506 e. The van der Waals surface area contributed by atoms with Gasteiger partial charge in [0.25, 0.3) is 5.89 Å². The molecule has 0 spiro atoms. The maximum atomic E-state index is 10.3. The Labute approximate surface area is 110 Å². The second kappa shape index (κ2) is 4.72. The number of phenolic OH excluding ortho intramolecular Hbond substituents is 1. The quantitative estimate of drug-likeness (QED) is 0.776. The summed E-state index contributed by atoms with van der Waals surface area (Å²) in [7, 11) is 0. The Kier molecular flexibility index (Phi) is 2.91. The Bertz CT molecular complexity index is 719. The van der Waals surface area contributed by atoms with Crippen LogP contribution in [0.1, 0.15) is 19.2 Å². The number of nitrogens with zero attached hydrogens (tertiary/aromatic N) is 2. The normalized spacial score (nSPS) is 11.0. The molecule has 3 aromatic rings. The lowest BCUT2D eigenvalue weighted by Gasteiger charge is -2.04. The summed E-state index contributed by atoms with van der Waals surface area (Å²) in [6, 6.07) is 11.4. The molecule has 19 heavy (non-hydrogen) atoms. The summed E-state index contributed by atoms with van der Waals surface area (Å²) in [6.07, 6.45) is 1.74. The van der Waals surface area contributed by atoms with Gasteiger partial charge in [0.2, 0.25) is 0 Å². The SMILES string of the molecule is CCCc1noc(-c2ccc3ccccc3c2O)n1. The number of aryl methyl sites for hydroxylation is 1. The van der Waals surface area contributed by atoms with E-state index in [0.717, 1.165) is 23.6 Å². The molecule has 96 valence electrons. The molecule has 0 radical (unpaired) electrons. The first-order valence-corrected chi connectivity index (χ1v) is 6.33. The van der Waals surface area contributed by atoms with Gasteiger partial charge in [-0.15, -0.1) is 0 Å². The third-order valence-electron chi connectivity index (χ3n) is 3.07. The fraction of sp³-hybridized carbons (Fsp3) is 0.200. The van der Waals surface area contributed by atoms with Gasteiger partial charge in [-0.05, 0) is 17.9 Å². The zero-order chi connectivity index (χ0) is 13.2. The van der Waals surface area contributed by atoms with E-state index in [0.29, 0.717) is 17.3 Å². The number of fused-ring (bicyclic) bond motifs is 1. The zero-order valence-corrected chi connectivity index (χ0v) is 10.6. The Morgan fingerprint density at radius 3 is 2.84 bits per heavy atom. The topological polar surface area (TPSA) is 59.2 Å². The fourth-order valence-electron chi connectivity index (χ4n) is 2.12. The molecular formula is C15H14N2O2. The largest absolute Gasteiger partial charge is 0.506 e. The lowest BCUT2D eigenvalue weighted by molar-refractivity contribution is 0.417. The summed E-state index contributed by atoms with van der Waals surface area (Å²) in [5, 5.41) is 16.0. The van der Waals surface area contributed by atoms with Crippen LogP contribution in [-0.2, 0) is 6.42 Å². The molecule has 0 unspecified atom stereocenters. The maximum Gasteiger partial charge on any atom is 0.261 e. The van der Waals surface area contributed by atoms with Gasteiger partial charge in [0, 0.05) is 11.8 Å². The average Bonchev–Trinajstić information content (AvgIpc) is 2.88. The highest BCUT2D eigenvalue weighted by atomic mass is 16.5. The predicted octanol–water partition coefficient (Wildman–Crippen LogP) is 3.55. The summed E-state index contributed by atoms with van der Waals surface area (Å²) < 4.78 is 5.21. The maximum absolute atomic E-state index is 10.3. The lowest BCUT2D eigenvalue weighted by atomic mass is 10.1. The van der Waals surface area contributed by atoms with Crippen molar-refractivity contribution in [3.63, 3.8) is 0 Å². The van der Waals surface area contributed by atoms with Crippen LogP contribution in [0.5, 0.6) is 5.75 Å². The second-order valence-corrected chi connectivity index (χ2v) is 4.45. The number of aromatic nitrogens is 2. The van der Waals surface area contributed by atoms with Crippen molar-refractivity contribution in [2.24, 2.45) is 0 Å². The average molecular weight is 254 g/mol. The number of phenols is 1. The lowest BCUT2D eigenvalue weighted by Crippen LogP contribution is -1.86. The van der Waals surface area contributed by atoms with Crippen molar-refractivity contribution in [1.82, 2.24) is 10.1 Å². The zero-order valence-electron chi connectivity index (χ0n) is 10.6. The van der Waals surface area contributed by atoms with E-state index in [9.17, 15) is 5.11 Å². The molecule has 0 aliphatic heterocycles. The van der Waals surface area contributed by atoms with E-state index >= 15 is 0 Å². The van der Waals surface area contributed by atoms with E-state index in [1.807, 2.05) is 30.3 Å². The number of aromatic hydroxyl groups is 1. The first-order chi connectivity index (χ1) is 9.29. The van der Waals surface area contributed by atoms with Gasteiger partial charge in [-0.2, -0.15) is 4.98 Å². The van der Waals surface area contributed by atoms with Crippen LogP contribution in [0.25, 0.3) is 22.2 Å². The van der Waals surface area contributed by atoms with Gasteiger partial charge < -0.3 is 9.63 Å². The number of benzene rings is 2. The first kappa shape index (κ1) is 11.7. The van der Waals surface area contributed by atoms with Gasteiger partial charge in [0.1, 0.15) is 5.75 Å². The van der Waals surface area contributed by atoms with E-state index in [4.69, 9.17) is 4.52 Å². The Balaban J connectivity index is 2.11. The van der Waals surface area contributed by atoms with Crippen molar-refractivity contribution >= 4 is 10.8 Å². The van der Waals surface area contributed by atoms with Crippen molar-refractivity contribution in [1.29, 1.82) is 0 Å². The fourth-order valence-corrected chi connectivity index (χ4v) is 2.12. The highest BCUT2D eigenvalue weighted by Gasteiger charge is 2.14. The van der Waals surface area contributed by atoms with E-state index in [1.54, 1.807) is 6.07 Å². The van der Waals surface area contributed by atoms with Crippen molar-refractivity contribution in [2.45, 2.75) is 19.8 Å². The minimum atomic E-state index is 0.185. The van der Waals surface area contributed by atoms with E-state index in [1.165, 1.54) is 0 Å². The number of rotatable bonds is 3. The van der Waals surface area contributed by atoms with Gasteiger partial charge in [-0.1, -0.05) is 42.4 Å². The first-order valence-electron chi connectivity index (χ1n) is 6.33. The van der Waals surface area contributed by atoms with Gasteiger partial charge in [0.15, 0.2) is 5.82 Å². The molecule has 0 aliphatic carbocycles. The molecular weight excluding hydrogens is 240 g/mol. The molecule has 0 bridgehead atoms. The minimum absolute atomic E-state index is 0.185. The van der Waals surface area contributed by atoms with Crippen LogP contribution in [0.15, 0.2) is 40.9 Å².